The third kappa shape index (κ3) is 5.32. The van der Waals surface area contributed by atoms with Crippen LogP contribution in [-0.2, 0) is 0 Å². The highest BCUT2D eigenvalue weighted by Gasteiger charge is 2.00. The van der Waals surface area contributed by atoms with E-state index in [1.165, 1.54) is 12.8 Å². The second kappa shape index (κ2) is 8.09. The predicted octanol–water partition coefficient (Wildman–Crippen LogP) is 3.98. The fraction of sp³-hybridized carbons (Fsp3) is 0.500. The first kappa shape index (κ1) is 14.0. The second-order valence-electron chi connectivity index (χ2n) is 3.59. The van der Waals surface area contributed by atoms with Crippen molar-refractivity contribution in [1.82, 2.24) is 5.32 Å². The van der Waals surface area contributed by atoms with Crippen molar-refractivity contribution in [3.8, 4) is 5.75 Å². The molecule has 0 heterocycles. The van der Waals surface area contributed by atoms with E-state index in [0.717, 1.165) is 34.3 Å². The van der Waals surface area contributed by atoms with Crippen LogP contribution in [-0.4, -0.2) is 20.2 Å². The molecule has 4 heteroatoms. The monoisotopic (exact) mass is 349 g/mol. The van der Waals surface area contributed by atoms with Crippen LogP contribution in [0.2, 0.25) is 0 Å². The van der Waals surface area contributed by atoms with Crippen molar-refractivity contribution < 1.29 is 4.74 Å². The van der Waals surface area contributed by atoms with Crippen molar-refractivity contribution in [2.24, 2.45) is 0 Å². The maximum absolute atomic E-state index is 5.68. The minimum absolute atomic E-state index is 0.782. The smallest absolute Gasteiger partial charge is 0.133 e. The molecule has 90 valence electrons. The molecule has 0 aliphatic heterocycles. The number of ether oxygens (including phenoxy) is 1. The first-order valence-electron chi connectivity index (χ1n) is 5.46. The Kier molecular flexibility index (Phi) is 7.08. The van der Waals surface area contributed by atoms with E-state index in [1.54, 1.807) is 0 Å². The molecule has 0 radical (unpaired) electrons. The van der Waals surface area contributed by atoms with Gasteiger partial charge in [0.25, 0.3) is 0 Å². The number of hydrogen-bond acceptors (Lipinski definition) is 2. The summed E-state index contributed by atoms with van der Waals surface area (Å²) in [5, 5.41) is 3.14. The van der Waals surface area contributed by atoms with Gasteiger partial charge in [0.1, 0.15) is 5.75 Å². The lowest BCUT2D eigenvalue weighted by Gasteiger charge is -2.08. The molecule has 1 aromatic rings. The molecule has 0 fully saturated rings. The Hall–Kier alpha value is -0.0600. The molecule has 1 rings (SSSR count). The lowest BCUT2D eigenvalue weighted by molar-refractivity contribution is 0.303. The van der Waals surface area contributed by atoms with E-state index in [4.69, 9.17) is 4.74 Å². The summed E-state index contributed by atoms with van der Waals surface area (Å²) in [5.74, 6) is 0.914. The van der Waals surface area contributed by atoms with Gasteiger partial charge in [-0.25, -0.2) is 0 Å². The van der Waals surface area contributed by atoms with Crippen LogP contribution < -0.4 is 10.1 Å². The summed E-state index contributed by atoms with van der Waals surface area (Å²) in [6.45, 7) is 1.87. The Morgan fingerprint density at radius 3 is 2.69 bits per heavy atom. The quantitative estimate of drug-likeness (QED) is 0.751. The van der Waals surface area contributed by atoms with E-state index in [1.807, 2.05) is 25.2 Å². The van der Waals surface area contributed by atoms with Crippen molar-refractivity contribution >= 4 is 31.9 Å². The normalized spacial score (nSPS) is 10.4. The third-order valence-electron chi connectivity index (χ3n) is 2.22. The van der Waals surface area contributed by atoms with Crippen LogP contribution in [0.3, 0.4) is 0 Å². The van der Waals surface area contributed by atoms with Crippen LogP contribution in [0.4, 0.5) is 0 Å². The van der Waals surface area contributed by atoms with Gasteiger partial charge in [-0.15, -0.1) is 0 Å². The zero-order chi connectivity index (χ0) is 11.8. The largest absolute Gasteiger partial charge is 0.492 e. The maximum Gasteiger partial charge on any atom is 0.133 e. The van der Waals surface area contributed by atoms with Crippen LogP contribution in [0.25, 0.3) is 0 Å². The first-order valence-corrected chi connectivity index (χ1v) is 7.05. The number of halogens is 2. The number of nitrogens with one attached hydrogen (secondary N) is 1. The Morgan fingerprint density at radius 1 is 1.19 bits per heavy atom. The van der Waals surface area contributed by atoms with Gasteiger partial charge < -0.3 is 10.1 Å². The molecule has 0 saturated carbocycles. The first-order chi connectivity index (χ1) is 7.74. The summed E-state index contributed by atoms with van der Waals surface area (Å²) in [5.41, 5.74) is 0. The second-order valence-corrected chi connectivity index (χ2v) is 5.36. The molecule has 0 aromatic heterocycles. The highest BCUT2D eigenvalue weighted by atomic mass is 79.9. The molecule has 1 N–H and O–H groups in total. The summed E-state index contributed by atoms with van der Waals surface area (Å²) in [7, 11) is 1.98. The SMILES string of the molecule is CNCCCCCOc1ccc(Br)cc1Br. The highest BCUT2D eigenvalue weighted by Crippen LogP contribution is 2.28. The minimum atomic E-state index is 0.782. The van der Waals surface area contributed by atoms with E-state index in [0.29, 0.717) is 0 Å². The van der Waals surface area contributed by atoms with Crippen LogP contribution >= 0.6 is 31.9 Å². The molecule has 0 bridgehead atoms. The molecule has 0 amide bonds. The predicted molar refractivity (Wildman–Crippen MR) is 75.1 cm³/mol. The third-order valence-corrected chi connectivity index (χ3v) is 3.34. The standard InChI is InChI=1S/C12H17Br2NO/c1-15-7-3-2-4-8-16-12-6-5-10(13)9-11(12)14/h5-6,9,15H,2-4,7-8H2,1H3. The molecule has 0 atom stereocenters. The molecular formula is C12H17Br2NO. The molecule has 0 aliphatic rings. The fourth-order valence-electron chi connectivity index (χ4n) is 1.36. The molecule has 0 saturated heterocycles. The van der Waals surface area contributed by atoms with Gasteiger partial charge in [0.2, 0.25) is 0 Å². The lowest BCUT2D eigenvalue weighted by atomic mass is 10.2. The van der Waals surface area contributed by atoms with Gasteiger partial charge in [-0.2, -0.15) is 0 Å². The van der Waals surface area contributed by atoms with E-state index in [-0.39, 0.29) is 0 Å². The van der Waals surface area contributed by atoms with Crippen LogP contribution in [0.5, 0.6) is 5.75 Å². The molecule has 1 aromatic carbocycles. The van der Waals surface area contributed by atoms with Crippen LogP contribution in [0.15, 0.2) is 27.1 Å². The average molecular weight is 351 g/mol. The molecule has 2 nitrogen and oxygen atoms in total. The summed E-state index contributed by atoms with van der Waals surface area (Å²) in [6.07, 6.45) is 3.51. The average Bonchev–Trinajstić information content (AvgIpc) is 2.26. The van der Waals surface area contributed by atoms with Crippen molar-refractivity contribution in [2.45, 2.75) is 19.3 Å². The molecular weight excluding hydrogens is 334 g/mol. The van der Waals surface area contributed by atoms with Gasteiger partial charge in [-0.1, -0.05) is 15.9 Å². The van der Waals surface area contributed by atoms with Crippen LogP contribution in [0, 0.1) is 0 Å². The van der Waals surface area contributed by atoms with Gasteiger partial charge in [-0.3, -0.25) is 0 Å². The zero-order valence-corrected chi connectivity index (χ0v) is 12.6. The Morgan fingerprint density at radius 2 is 2.00 bits per heavy atom. The Balaban J connectivity index is 2.21. The summed E-state index contributed by atoms with van der Waals surface area (Å²) < 4.78 is 7.74. The van der Waals surface area contributed by atoms with Crippen molar-refractivity contribution in [3.63, 3.8) is 0 Å². The maximum atomic E-state index is 5.68. The summed E-state index contributed by atoms with van der Waals surface area (Å²) in [4.78, 5) is 0. The highest BCUT2D eigenvalue weighted by molar-refractivity contribution is 9.11. The topological polar surface area (TPSA) is 21.3 Å². The summed E-state index contributed by atoms with van der Waals surface area (Å²) in [6, 6.07) is 5.96. The van der Waals surface area contributed by atoms with Crippen molar-refractivity contribution in [3.05, 3.63) is 27.1 Å². The molecule has 0 unspecified atom stereocenters. The number of unbranched alkanes of at least 4 members (excludes halogenated alkanes) is 2. The van der Waals surface area contributed by atoms with Gasteiger partial charge in [0.05, 0.1) is 11.1 Å². The van der Waals surface area contributed by atoms with Gasteiger partial charge >= 0.3 is 0 Å². The Bertz CT molecular complexity index is 318. The van der Waals surface area contributed by atoms with Crippen molar-refractivity contribution in [2.75, 3.05) is 20.2 Å². The molecule has 16 heavy (non-hydrogen) atoms. The zero-order valence-electron chi connectivity index (χ0n) is 9.43. The van der Waals surface area contributed by atoms with Gasteiger partial charge in [0.15, 0.2) is 0 Å². The molecule has 0 aliphatic carbocycles. The molecule has 0 spiro atoms. The summed E-state index contributed by atoms with van der Waals surface area (Å²) >= 11 is 6.89. The Labute approximate surface area is 114 Å². The lowest BCUT2D eigenvalue weighted by Crippen LogP contribution is -2.07. The van der Waals surface area contributed by atoms with Crippen molar-refractivity contribution in [1.29, 1.82) is 0 Å². The van der Waals surface area contributed by atoms with E-state index >= 15 is 0 Å². The fourth-order valence-corrected chi connectivity index (χ4v) is 2.52. The number of hydrogen-bond donors (Lipinski definition) is 1. The minimum Gasteiger partial charge on any atom is -0.492 e. The number of rotatable bonds is 7. The number of benzene rings is 1. The van der Waals surface area contributed by atoms with E-state index in [9.17, 15) is 0 Å². The van der Waals surface area contributed by atoms with Gasteiger partial charge in [-0.05, 0) is 67.0 Å². The van der Waals surface area contributed by atoms with Crippen LogP contribution in [0.1, 0.15) is 19.3 Å². The van der Waals surface area contributed by atoms with Gasteiger partial charge in [0, 0.05) is 4.47 Å². The van der Waals surface area contributed by atoms with E-state index < -0.39 is 0 Å². The van der Waals surface area contributed by atoms with E-state index in [2.05, 4.69) is 37.2 Å².